The molecule has 0 aliphatic rings. The average Bonchev–Trinajstić information content (AvgIpc) is 2.26. The van der Waals surface area contributed by atoms with Gasteiger partial charge in [0.2, 0.25) is 0 Å². The fourth-order valence-corrected chi connectivity index (χ4v) is 1.39. The Morgan fingerprint density at radius 3 is 2.73 bits per heavy atom. The number of nitrogens with two attached hydrogens (primary N) is 1. The van der Waals surface area contributed by atoms with Gasteiger partial charge in [0.1, 0.15) is 5.75 Å². The van der Waals surface area contributed by atoms with Crippen LogP contribution in [0.4, 0.5) is 0 Å². The SMILES string of the molecule is COCCCOc1ccc(C)cc1CN. The van der Waals surface area contributed by atoms with Crippen molar-refractivity contribution in [3.05, 3.63) is 29.3 Å². The summed E-state index contributed by atoms with van der Waals surface area (Å²) < 4.78 is 10.6. The molecule has 0 fully saturated rings. The predicted molar refractivity (Wildman–Crippen MR) is 61.1 cm³/mol. The van der Waals surface area contributed by atoms with Crippen molar-refractivity contribution < 1.29 is 9.47 Å². The number of methoxy groups -OCH3 is 1. The van der Waals surface area contributed by atoms with Crippen LogP contribution in [0.1, 0.15) is 17.5 Å². The Bertz CT molecular complexity index is 300. The number of rotatable bonds is 6. The second kappa shape index (κ2) is 6.43. The van der Waals surface area contributed by atoms with Crippen LogP contribution < -0.4 is 10.5 Å². The van der Waals surface area contributed by atoms with Crippen molar-refractivity contribution in [1.29, 1.82) is 0 Å². The molecule has 15 heavy (non-hydrogen) atoms. The fourth-order valence-electron chi connectivity index (χ4n) is 1.39. The molecule has 1 aromatic carbocycles. The van der Waals surface area contributed by atoms with Crippen molar-refractivity contribution in [3.8, 4) is 5.75 Å². The molecule has 0 saturated carbocycles. The minimum atomic E-state index is 0.515. The first-order valence-corrected chi connectivity index (χ1v) is 5.19. The summed E-state index contributed by atoms with van der Waals surface area (Å²) >= 11 is 0. The number of hydrogen-bond donors (Lipinski definition) is 1. The van der Waals surface area contributed by atoms with Crippen molar-refractivity contribution in [2.24, 2.45) is 5.73 Å². The first-order chi connectivity index (χ1) is 7.27. The Balaban J connectivity index is 2.52. The Hall–Kier alpha value is -1.06. The Morgan fingerprint density at radius 2 is 2.07 bits per heavy atom. The van der Waals surface area contributed by atoms with Crippen LogP contribution in [0.3, 0.4) is 0 Å². The van der Waals surface area contributed by atoms with Crippen LogP contribution in [0.5, 0.6) is 5.75 Å². The van der Waals surface area contributed by atoms with Crippen molar-refractivity contribution in [1.82, 2.24) is 0 Å². The summed E-state index contributed by atoms with van der Waals surface area (Å²) in [6.45, 7) is 3.96. The molecule has 3 heteroatoms. The molecule has 0 aromatic heterocycles. The standard InChI is InChI=1S/C12H19NO2/c1-10-4-5-12(11(8-10)9-13)15-7-3-6-14-2/h4-5,8H,3,6-7,9,13H2,1-2H3. The molecule has 0 atom stereocenters. The lowest BCUT2D eigenvalue weighted by Gasteiger charge is -2.10. The van der Waals surface area contributed by atoms with Crippen molar-refractivity contribution >= 4 is 0 Å². The van der Waals surface area contributed by atoms with E-state index in [-0.39, 0.29) is 0 Å². The minimum absolute atomic E-state index is 0.515. The van der Waals surface area contributed by atoms with E-state index in [0.717, 1.165) is 24.3 Å². The molecule has 0 radical (unpaired) electrons. The largest absolute Gasteiger partial charge is 0.493 e. The highest BCUT2D eigenvalue weighted by molar-refractivity contribution is 5.36. The summed E-state index contributed by atoms with van der Waals surface area (Å²) in [5, 5.41) is 0. The number of ether oxygens (including phenoxy) is 2. The van der Waals surface area contributed by atoms with Gasteiger partial charge in [-0.25, -0.2) is 0 Å². The third-order valence-electron chi connectivity index (χ3n) is 2.19. The van der Waals surface area contributed by atoms with Crippen LogP contribution in [0, 0.1) is 6.92 Å². The number of benzene rings is 1. The van der Waals surface area contributed by atoms with Gasteiger partial charge in [-0.05, 0) is 13.0 Å². The van der Waals surface area contributed by atoms with Crippen LogP contribution in [-0.2, 0) is 11.3 Å². The van der Waals surface area contributed by atoms with Crippen LogP contribution in [0.15, 0.2) is 18.2 Å². The van der Waals surface area contributed by atoms with Crippen molar-refractivity contribution in [2.45, 2.75) is 19.9 Å². The van der Waals surface area contributed by atoms with E-state index in [9.17, 15) is 0 Å². The zero-order valence-corrected chi connectivity index (χ0v) is 9.45. The van der Waals surface area contributed by atoms with Gasteiger partial charge < -0.3 is 15.2 Å². The van der Waals surface area contributed by atoms with Gasteiger partial charge in [0.05, 0.1) is 6.61 Å². The topological polar surface area (TPSA) is 44.5 Å². The number of aryl methyl sites for hydroxylation is 1. The molecule has 2 N–H and O–H groups in total. The summed E-state index contributed by atoms with van der Waals surface area (Å²) in [4.78, 5) is 0. The maximum absolute atomic E-state index is 5.65. The summed E-state index contributed by atoms with van der Waals surface area (Å²) in [6, 6.07) is 6.07. The van der Waals surface area contributed by atoms with E-state index in [1.165, 1.54) is 5.56 Å². The molecule has 0 heterocycles. The minimum Gasteiger partial charge on any atom is -0.493 e. The molecule has 3 nitrogen and oxygen atoms in total. The predicted octanol–water partition coefficient (Wildman–Crippen LogP) is 1.87. The third-order valence-corrected chi connectivity index (χ3v) is 2.19. The highest BCUT2D eigenvalue weighted by Crippen LogP contribution is 2.19. The highest BCUT2D eigenvalue weighted by atomic mass is 16.5. The van der Waals surface area contributed by atoms with Gasteiger partial charge in [-0.3, -0.25) is 0 Å². The van der Waals surface area contributed by atoms with Gasteiger partial charge in [-0.1, -0.05) is 17.7 Å². The first-order valence-electron chi connectivity index (χ1n) is 5.19. The van der Waals surface area contributed by atoms with Gasteiger partial charge in [0.15, 0.2) is 0 Å². The first kappa shape index (κ1) is 12.0. The van der Waals surface area contributed by atoms with Gasteiger partial charge in [-0.15, -0.1) is 0 Å². The van der Waals surface area contributed by atoms with E-state index < -0.39 is 0 Å². The van der Waals surface area contributed by atoms with E-state index in [0.29, 0.717) is 13.2 Å². The van der Waals surface area contributed by atoms with Gasteiger partial charge >= 0.3 is 0 Å². The van der Waals surface area contributed by atoms with E-state index in [1.54, 1.807) is 7.11 Å². The van der Waals surface area contributed by atoms with Crippen LogP contribution >= 0.6 is 0 Å². The Labute approximate surface area is 91.2 Å². The zero-order chi connectivity index (χ0) is 11.1. The molecular weight excluding hydrogens is 190 g/mol. The molecule has 1 rings (SSSR count). The van der Waals surface area contributed by atoms with E-state index in [2.05, 4.69) is 6.07 Å². The second-order valence-electron chi connectivity index (χ2n) is 3.51. The Kier molecular flexibility index (Phi) is 5.15. The fraction of sp³-hybridized carbons (Fsp3) is 0.500. The highest BCUT2D eigenvalue weighted by Gasteiger charge is 2.01. The maximum Gasteiger partial charge on any atom is 0.123 e. The monoisotopic (exact) mass is 209 g/mol. The Morgan fingerprint density at radius 1 is 1.27 bits per heavy atom. The van der Waals surface area contributed by atoms with Crippen molar-refractivity contribution in [2.75, 3.05) is 20.3 Å². The third kappa shape index (κ3) is 3.90. The van der Waals surface area contributed by atoms with Crippen LogP contribution in [-0.4, -0.2) is 20.3 Å². The molecule has 0 aliphatic carbocycles. The quantitative estimate of drug-likeness (QED) is 0.727. The zero-order valence-electron chi connectivity index (χ0n) is 9.45. The van der Waals surface area contributed by atoms with E-state index in [4.69, 9.17) is 15.2 Å². The molecule has 0 amide bonds. The summed E-state index contributed by atoms with van der Waals surface area (Å²) in [5.74, 6) is 0.888. The smallest absolute Gasteiger partial charge is 0.123 e. The lowest BCUT2D eigenvalue weighted by molar-refractivity contribution is 0.172. The average molecular weight is 209 g/mol. The lowest BCUT2D eigenvalue weighted by Crippen LogP contribution is -2.05. The van der Waals surface area contributed by atoms with Crippen LogP contribution in [0.2, 0.25) is 0 Å². The van der Waals surface area contributed by atoms with Crippen LogP contribution in [0.25, 0.3) is 0 Å². The number of hydrogen-bond acceptors (Lipinski definition) is 3. The summed E-state index contributed by atoms with van der Waals surface area (Å²) in [7, 11) is 1.69. The van der Waals surface area contributed by atoms with Crippen molar-refractivity contribution in [3.63, 3.8) is 0 Å². The molecule has 0 unspecified atom stereocenters. The second-order valence-corrected chi connectivity index (χ2v) is 3.51. The molecule has 84 valence electrons. The molecule has 0 saturated heterocycles. The molecule has 0 spiro atoms. The maximum atomic E-state index is 5.65. The molecule has 1 aromatic rings. The molecule has 0 aliphatic heterocycles. The molecule has 0 bridgehead atoms. The molecular formula is C12H19NO2. The van der Waals surface area contributed by atoms with Gasteiger partial charge in [0.25, 0.3) is 0 Å². The van der Waals surface area contributed by atoms with E-state index >= 15 is 0 Å². The normalized spacial score (nSPS) is 10.3. The summed E-state index contributed by atoms with van der Waals surface area (Å²) in [6.07, 6.45) is 0.897. The lowest BCUT2D eigenvalue weighted by atomic mass is 10.1. The van der Waals surface area contributed by atoms with Gasteiger partial charge in [0, 0.05) is 32.2 Å². The summed E-state index contributed by atoms with van der Waals surface area (Å²) in [5.41, 5.74) is 7.92. The van der Waals surface area contributed by atoms with Gasteiger partial charge in [-0.2, -0.15) is 0 Å². The van der Waals surface area contributed by atoms with E-state index in [1.807, 2.05) is 19.1 Å².